The second kappa shape index (κ2) is 9.35. The highest BCUT2D eigenvalue weighted by atomic mass is 79.9. The maximum absolute atomic E-state index is 12.4. The summed E-state index contributed by atoms with van der Waals surface area (Å²) in [5.74, 6) is 0.658. The molecule has 0 radical (unpaired) electrons. The van der Waals surface area contributed by atoms with Crippen LogP contribution in [-0.2, 0) is 6.54 Å². The standard InChI is InChI=1S/C24H17BrClN5OS/c25-18-14-28-31-22(12-20(30-23(18)31)17-7-1-2-8-19(17)26)27-13-15-5-3-6-16(11-15)29-24(32)21-9-4-10-33-21/h1-12,14,27H,13H2,(H,29,32). The highest BCUT2D eigenvalue weighted by Crippen LogP contribution is 2.30. The van der Waals surface area contributed by atoms with E-state index < -0.39 is 0 Å². The average Bonchev–Trinajstić information content (AvgIpc) is 3.49. The van der Waals surface area contributed by atoms with E-state index in [0.29, 0.717) is 22.1 Å². The number of hydrogen-bond donors (Lipinski definition) is 2. The number of fused-ring (bicyclic) bond motifs is 1. The fourth-order valence-electron chi connectivity index (χ4n) is 3.42. The number of nitrogens with zero attached hydrogens (tertiary/aromatic N) is 3. The molecule has 2 N–H and O–H groups in total. The molecule has 0 aliphatic heterocycles. The van der Waals surface area contributed by atoms with Gasteiger partial charge in [-0.3, -0.25) is 4.79 Å². The van der Waals surface area contributed by atoms with E-state index in [1.54, 1.807) is 16.8 Å². The summed E-state index contributed by atoms with van der Waals surface area (Å²) in [5.41, 5.74) is 4.03. The minimum atomic E-state index is -0.114. The van der Waals surface area contributed by atoms with E-state index in [1.807, 2.05) is 66.0 Å². The van der Waals surface area contributed by atoms with Gasteiger partial charge >= 0.3 is 0 Å². The molecule has 0 saturated heterocycles. The van der Waals surface area contributed by atoms with Crippen LogP contribution in [0.2, 0.25) is 5.02 Å². The fraction of sp³-hybridized carbons (Fsp3) is 0.0417. The second-order valence-corrected chi connectivity index (χ2v) is 9.43. The molecule has 9 heteroatoms. The Kier molecular flexibility index (Phi) is 6.13. The maximum atomic E-state index is 12.4. The van der Waals surface area contributed by atoms with Crippen molar-refractivity contribution in [3.8, 4) is 11.3 Å². The van der Waals surface area contributed by atoms with Crippen molar-refractivity contribution in [1.82, 2.24) is 14.6 Å². The molecule has 3 heterocycles. The zero-order valence-electron chi connectivity index (χ0n) is 17.1. The summed E-state index contributed by atoms with van der Waals surface area (Å²) < 4.78 is 2.53. The van der Waals surface area contributed by atoms with E-state index in [4.69, 9.17) is 16.6 Å². The third kappa shape index (κ3) is 4.64. The van der Waals surface area contributed by atoms with Crippen molar-refractivity contribution in [3.05, 3.63) is 98.2 Å². The van der Waals surface area contributed by atoms with Gasteiger partial charge in [0, 0.05) is 28.9 Å². The van der Waals surface area contributed by atoms with E-state index in [1.165, 1.54) is 11.3 Å². The van der Waals surface area contributed by atoms with E-state index in [0.717, 1.165) is 32.8 Å². The lowest BCUT2D eigenvalue weighted by Crippen LogP contribution is -2.11. The molecule has 5 aromatic rings. The second-order valence-electron chi connectivity index (χ2n) is 7.22. The normalized spacial score (nSPS) is 11.0. The highest BCUT2D eigenvalue weighted by Gasteiger charge is 2.13. The molecule has 3 aromatic heterocycles. The molecule has 0 fully saturated rings. The average molecular weight is 539 g/mol. The lowest BCUT2D eigenvalue weighted by Gasteiger charge is -2.12. The Morgan fingerprint density at radius 2 is 1.97 bits per heavy atom. The number of rotatable bonds is 6. The molecule has 0 aliphatic rings. The van der Waals surface area contributed by atoms with E-state index >= 15 is 0 Å². The van der Waals surface area contributed by atoms with Crippen molar-refractivity contribution in [2.75, 3.05) is 10.6 Å². The van der Waals surface area contributed by atoms with Gasteiger partial charge in [-0.1, -0.05) is 48.0 Å². The first-order valence-corrected chi connectivity index (χ1v) is 12.1. The van der Waals surface area contributed by atoms with Gasteiger partial charge in [0.15, 0.2) is 5.65 Å². The molecule has 0 spiro atoms. The number of carbonyl (C=O) groups excluding carboxylic acids is 1. The van der Waals surface area contributed by atoms with Gasteiger partial charge in [0.1, 0.15) is 5.82 Å². The Balaban J connectivity index is 1.41. The number of amides is 1. The Bertz CT molecular complexity index is 1450. The van der Waals surface area contributed by atoms with Crippen LogP contribution in [0.1, 0.15) is 15.2 Å². The predicted molar refractivity (Wildman–Crippen MR) is 137 cm³/mol. The number of halogens is 2. The van der Waals surface area contributed by atoms with Crippen molar-refractivity contribution in [2.45, 2.75) is 6.54 Å². The molecule has 1 amide bonds. The van der Waals surface area contributed by atoms with Crippen molar-refractivity contribution >= 4 is 61.9 Å². The molecule has 0 bridgehead atoms. The number of carbonyl (C=O) groups is 1. The van der Waals surface area contributed by atoms with Crippen LogP contribution in [0.5, 0.6) is 0 Å². The quantitative estimate of drug-likeness (QED) is 0.251. The minimum absolute atomic E-state index is 0.114. The number of thiophene rings is 1. The van der Waals surface area contributed by atoms with E-state index in [-0.39, 0.29) is 5.91 Å². The molecule has 5 rings (SSSR count). The first-order valence-electron chi connectivity index (χ1n) is 10.1. The van der Waals surface area contributed by atoms with Crippen molar-refractivity contribution in [2.24, 2.45) is 0 Å². The SMILES string of the molecule is O=C(Nc1cccc(CNc2cc(-c3ccccc3Cl)nc3c(Br)cnn23)c1)c1cccs1. The molecule has 0 atom stereocenters. The number of aromatic nitrogens is 3. The van der Waals surface area contributed by atoms with Gasteiger partial charge in [-0.2, -0.15) is 9.61 Å². The van der Waals surface area contributed by atoms with Crippen LogP contribution < -0.4 is 10.6 Å². The number of anilines is 2. The van der Waals surface area contributed by atoms with Crippen molar-refractivity contribution < 1.29 is 4.79 Å². The first kappa shape index (κ1) is 21.6. The summed E-state index contributed by atoms with van der Waals surface area (Å²) in [7, 11) is 0. The summed E-state index contributed by atoms with van der Waals surface area (Å²) in [4.78, 5) is 17.8. The topological polar surface area (TPSA) is 71.3 Å². The number of benzene rings is 2. The van der Waals surface area contributed by atoms with Crippen LogP contribution in [0, 0.1) is 0 Å². The third-order valence-electron chi connectivity index (χ3n) is 4.98. The Morgan fingerprint density at radius 3 is 2.79 bits per heavy atom. The van der Waals surface area contributed by atoms with Gasteiger partial charge in [-0.25, -0.2) is 4.98 Å². The van der Waals surface area contributed by atoms with Gasteiger partial charge in [0.25, 0.3) is 5.91 Å². The molecule has 6 nitrogen and oxygen atoms in total. The monoisotopic (exact) mass is 537 g/mol. The molecule has 0 saturated carbocycles. The van der Waals surface area contributed by atoms with Crippen LogP contribution >= 0.6 is 38.9 Å². The lowest BCUT2D eigenvalue weighted by molar-refractivity contribution is 0.103. The van der Waals surface area contributed by atoms with E-state index in [2.05, 4.69) is 31.7 Å². The number of hydrogen-bond acceptors (Lipinski definition) is 5. The molecular formula is C24H17BrClN5OS. The predicted octanol–water partition coefficient (Wildman–Crippen LogP) is 6.74. The molecular weight excluding hydrogens is 522 g/mol. The summed E-state index contributed by atoms with van der Waals surface area (Å²) in [6.45, 7) is 0.529. The highest BCUT2D eigenvalue weighted by molar-refractivity contribution is 9.10. The van der Waals surface area contributed by atoms with Crippen LogP contribution in [0.4, 0.5) is 11.5 Å². The first-order chi connectivity index (χ1) is 16.1. The van der Waals surface area contributed by atoms with Crippen LogP contribution in [0.3, 0.4) is 0 Å². The van der Waals surface area contributed by atoms with E-state index in [9.17, 15) is 4.79 Å². The summed E-state index contributed by atoms with van der Waals surface area (Å²) in [6.07, 6.45) is 1.71. The zero-order chi connectivity index (χ0) is 22.8. The van der Waals surface area contributed by atoms with Gasteiger partial charge in [0.2, 0.25) is 0 Å². The van der Waals surface area contributed by atoms with Crippen molar-refractivity contribution in [3.63, 3.8) is 0 Å². The lowest BCUT2D eigenvalue weighted by atomic mass is 10.1. The van der Waals surface area contributed by atoms with Crippen LogP contribution in [-0.4, -0.2) is 20.5 Å². The Hall–Kier alpha value is -3.20. The van der Waals surface area contributed by atoms with Gasteiger partial charge in [0.05, 0.1) is 21.2 Å². The van der Waals surface area contributed by atoms with Crippen molar-refractivity contribution in [1.29, 1.82) is 0 Å². The Morgan fingerprint density at radius 1 is 1.09 bits per heavy atom. The largest absolute Gasteiger partial charge is 0.366 e. The van der Waals surface area contributed by atoms with Crippen LogP contribution in [0.15, 0.2) is 82.8 Å². The molecule has 0 aliphatic carbocycles. The molecule has 33 heavy (non-hydrogen) atoms. The molecule has 2 aromatic carbocycles. The summed E-state index contributed by atoms with van der Waals surface area (Å²) in [6, 6.07) is 20.9. The molecule has 164 valence electrons. The third-order valence-corrected chi connectivity index (χ3v) is 6.74. The maximum Gasteiger partial charge on any atom is 0.265 e. The summed E-state index contributed by atoms with van der Waals surface area (Å²) in [5, 5.41) is 13.3. The molecule has 0 unspecified atom stereocenters. The number of nitrogens with one attached hydrogen (secondary N) is 2. The van der Waals surface area contributed by atoms with Gasteiger partial charge < -0.3 is 10.6 Å². The summed E-state index contributed by atoms with van der Waals surface area (Å²) >= 11 is 11.4. The van der Waals surface area contributed by atoms with Crippen LogP contribution in [0.25, 0.3) is 16.9 Å². The van der Waals surface area contributed by atoms with Gasteiger partial charge in [-0.05, 0) is 51.1 Å². The minimum Gasteiger partial charge on any atom is -0.366 e. The fourth-order valence-corrected chi connectivity index (χ4v) is 4.62. The Labute approximate surface area is 207 Å². The zero-order valence-corrected chi connectivity index (χ0v) is 20.3. The van der Waals surface area contributed by atoms with Gasteiger partial charge in [-0.15, -0.1) is 11.3 Å². The smallest absolute Gasteiger partial charge is 0.265 e.